The van der Waals surface area contributed by atoms with Crippen molar-refractivity contribution in [1.82, 2.24) is 0 Å². The van der Waals surface area contributed by atoms with Crippen molar-refractivity contribution in [3.05, 3.63) is 30.3 Å². The molecule has 1 aromatic rings. The highest BCUT2D eigenvalue weighted by Gasteiger charge is 2.33. The van der Waals surface area contributed by atoms with Crippen LogP contribution in [0.5, 0.6) is 0 Å². The molecule has 0 aliphatic rings. The van der Waals surface area contributed by atoms with Crippen molar-refractivity contribution in [2.24, 2.45) is 0 Å². The zero-order chi connectivity index (χ0) is 13.4. The molecular formula is C13H22NO3P. The predicted molar refractivity (Wildman–Crippen MR) is 75.0 cm³/mol. The minimum Gasteiger partial charge on any atom is -0.372 e. The maximum atomic E-state index is 12.5. The van der Waals surface area contributed by atoms with Crippen molar-refractivity contribution in [2.45, 2.75) is 32.0 Å². The van der Waals surface area contributed by atoms with Crippen molar-refractivity contribution >= 4 is 13.3 Å². The number of anilines is 1. The Balaban J connectivity index is 2.81. The number of hydrogen-bond acceptors (Lipinski definition) is 4. The van der Waals surface area contributed by atoms with Gasteiger partial charge < -0.3 is 14.4 Å². The van der Waals surface area contributed by atoms with Crippen LogP contribution in [0.4, 0.5) is 5.69 Å². The standard InChI is InChI=1S/C13H22NO3P/c1-4-5-11-13(18(15,16-2)17-3)14-12-9-7-6-8-10-12/h6-10,13-14H,4-5,11H2,1-3H3. The number of rotatable bonds is 8. The third-order valence-electron chi connectivity index (χ3n) is 2.83. The van der Waals surface area contributed by atoms with E-state index in [1.165, 1.54) is 14.2 Å². The summed E-state index contributed by atoms with van der Waals surface area (Å²) in [6.07, 6.45) is 2.77. The molecule has 0 saturated carbocycles. The molecule has 0 amide bonds. The minimum atomic E-state index is -3.10. The summed E-state index contributed by atoms with van der Waals surface area (Å²) < 4.78 is 22.6. The third kappa shape index (κ3) is 4.13. The Morgan fingerprint density at radius 3 is 2.33 bits per heavy atom. The Bertz CT molecular complexity index is 375. The van der Waals surface area contributed by atoms with E-state index in [2.05, 4.69) is 12.2 Å². The Hall–Kier alpha value is -0.830. The lowest BCUT2D eigenvalue weighted by Gasteiger charge is -2.26. The van der Waals surface area contributed by atoms with Crippen LogP contribution >= 0.6 is 7.60 Å². The van der Waals surface area contributed by atoms with Gasteiger partial charge in [-0.2, -0.15) is 0 Å². The first-order chi connectivity index (χ1) is 8.66. The van der Waals surface area contributed by atoms with Crippen LogP contribution < -0.4 is 5.32 Å². The average molecular weight is 271 g/mol. The molecule has 18 heavy (non-hydrogen) atoms. The lowest BCUT2D eigenvalue weighted by Crippen LogP contribution is -2.21. The molecule has 102 valence electrons. The van der Waals surface area contributed by atoms with Gasteiger partial charge in [-0.3, -0.25) is 4.57 Å². The molecule has 0 aliphatic heterocycles. The molecule has 0 aromatic heterocycles. The molecule has 1 N–H and O–H groups in total. The quantitative estimate of drug-likeness (QED) is 0.723. The van der Waals surface area contributed by atoms with Crippen LogP contribution in [0.15, 0.2) is 30.3 Å². The van der Waals surface area contributed by atoms with Gasteiger partial charge in [0.15, 0.2) is 0 Å². The van der Waals surface area contributed by atoms with Gasteiger partial charge in [-0.25, -0.2) is 0 Å². The normalized spacial score (nSPS) is 13.3. The molecule has 0 heterocycles. The molecule has 1 aromatic carbocycles. The van der Waals surface area contributed by atoms with E-state index in [1.807, 2.05) is 30.3 Å². The summed E-state index contributed by atoms with van der Waals surface area (Å²) in [6.45, 7) is 2.10. The lowest BCUT2D eigenvalue weighted by molar-refractivity contribution is 0.266. The number of para-hydroxylation sites is 1. The van der Waals surface area contributed by atoms with Crippen molar-refractivity contribution < 1.29 is 13.6 Å². The minimum absolute atomic E-state index is 0.310. The molecule has 0 bridgehead atoms. The summed E-state index contributed by atoms with van der Waals surface area (Å²) in [5, 5.41) is 3.24. The fraction of sp³-hybridized carbons (Fsp3) is 0.538. The van der Waals surface area contributed by atoms with E-state index in [0.29, 0.717) is 0 Å². The van der Waals surface area contributed by atoms with Crippen molar-refractivity contribution in [2.75, 3.05) is 19.5 Å². The van der Waals surface area contributed by atoms with Gasteiger partial charge in [0.25, 0.3) is 0 Å². The van der Waals surface area contributed by atoms with Crippen molar-refractivity contribution in [3.63, 3.8) is 0 Å². The Morgan fingerprint density at radius 2 is 1.83 bits per heavy atom. The second-order valence-electron chi connectivity index (χ2n) is 4.07. The first kappa shape index (κ1) is 15.2. The highest BCUT2D eigenvalue weighted by molar-refractivity contribution is 7.54. The van der Waals surface area contributed by atoms with Crippen LogP contribution in [0.3, 0.4) is 0 Å². The highest BCUT2D eigenvalue weighted by Crippen LogP contribution is 2.53. The van der Waals surface area contributed by atoms with Crippen LogP contribution in [0, 0.1) is 0 Å². The molecule has 0 radical (unpaired) electrons. The van der Waals surface area contributed by atoms with E-state index in [1.54, 1.807) is 0 Å². The smallest absolute Gasteiger partial charge is 0.352 e. The molecule has 0 spiro atoms. The maximum absolute atomic E-state index is 12.5. The van der Waals surface area contributed by atoms with E-state index in [0.717, 1.165) is 24.9 Å². The van der Waals surface area contributed by atoms with Gasteiger partial charge in [0, 0.05) is 19.9 Å². The van der Waals surface area contributed by atoms with E-state index < -0.39 is 7.60 Å². The van der Waals surface area contributed by atoms with Gasteiger partial charge in [-0.1, -0.05) is 38.0 Å². The Kier molecular flexibility index (Phi) is 6.41. The molecule has 1 rings (SSSR count). The summed E-state index contributed by atoms with van der Waals surface area (Å²) in [5.74, 6) is -0.310. The topological polar surface area (TPSA) is 47.6 Å². The maximum Gasteiger partial charge on any atom is 0.352 e. The monoisotopic (exact) mass is 271 g/mol. The van der Waals surface area contributed by atoms with Crippen LogP contribution in [0.1, 0.15) is 26.2 Å². The van der Waals surface area contributed by atoms with Crippen LogP contribution in [-0.4, -0.2) is 20.0 Å². The Labute approximate surface area is 109 Å². The average Bonchev–Trinajstić information content (AvgIpc) is 2.43. The molecule has 0 fully saturated rings. The fourth-order valence-corrected chi connectivity index (χ4v) is 3.23. The lowest BCUT2D eigenvalue weighted by atomic mass is 10.2. The van der Waals surface area contributed by atoms with Gasteiger partial charge in [0.2, 0.25) is 0 Å². The summed E-state index contributed by atoms with van der Waals surface area (Å²) >= 11 is 0. The third-order valence-corrected chi connectivity index (χ3v) is 5.00. The highest BCUT2D eigenvalue weighted by atomic mass is 31.2. The van der Waals surface area contributed by atoms with Crippen LogP contribution in [0.25, 0.3) is 0 Å². The predicted octanol–water partition coefficient (Wildman–Crippen LogP) is 4.10. The van der Waals surface area contributed by atoms with E-state index in [-0.39, 0.29) is 5.78 Å². The van der Waals surface area contributed by atoms with Crippen molar-refractivity contribution in [1.29, 1.82) is 0 Å². The zero-order valence-electron chi connectivity index (χ0n) is 11.3. The molecule has 1 atom stereocenters. The van der Waals surface area contributed by atoms with Gasteiger partial charge in [0.05, 0.1) is 0 Å². The molecule has 0 saturated heterocycles. The molecule has 5 heteroatoms. The molecule has 0 aliphatic carbocycles. The summed E-state index contributed by atoms with van der Waals surface area (Å²) in [4.78, 5) is 0. The number of benzene rings is 1. The van der Waals surface area contributed by atoms with Gasteiger partial charge in [0.1, 0.15) is 5.78 Å². The first-order valence-corrected chi connectivity index (χ1v) is 7.80. The van der Waals surface area contributed by atoms with E-state index in [4.69, 9.17) is 9.05 Å². The second-order valence-corrected chi connectivity index (χ2v) is 6.51. The number of unbranched alkanes of at least 4 members (excludes halogenated alkanes) is 1. The summed E-state index contributed by atoms with van der Waals surface area (Å²) in [5.41, 5.74) is 0.924. The van der Waals surface area contributed by atoms with E-state index in [9.17, 15) is 4.57 Å². The fourth-order valence-electron chi connectivity index (χ4n) is 1.76. The van der Waals surface area contributed by atoms with Gasteiger partial charge in [-0.05, 0) is 18.6 Å². The number of hydrogen-bond donors (Lipinski definition) is 1. The zero-order valence-corrected chi connectivity index (χ0v) is 12.2. The van der Waals surface area contributed by atoms with Gasteiger partial charge >= 0.3 is 7.60 Å². The van der Waals surface area contributed by atoms with Crippen LogP contribution in [0.2, 0.25) is 0 Å². The molecule has 1 unspecified atom stereocenters. The largest absolute Gasteiger partial charge is 0.372 e. The van der Waals surface area contributed by atoms with E-state index >= 15 is 0 Å². The Morgan fingerprint density at radius 1 is 1.22 bits per heavy atom. The van der Waals surface area contributed by atoms with Gasteiger partial charge in [-0.15, -0.1) is 0 Å². The molecular weight excluding hydrogens is 249 g/mol. The first-order valence-electron chi connectivity index (χ1n) is 6.19. The summed E-state index contributed by atoms with van der Waals surface area (Å²) in [7, 11) is -0.245. The number of nitrogens with one attached hydrogen (secondary N) is 1. The SMILES string of the molecule is CCCCC(Nc1ccccc1)P(=O)(OC)OC. The second kappa shape index (κ2) is 7.57. The summed E-state index contributed by atoms with van der Waals surface area (Å²) in [6, 6.07) is 9.69. The van der Waals surface area contributed by atoms with Crippen molar-refractivity contribution in [3.8, 4) is 0 Å². The molecule has 4 nitrogen and oxygen atoms in total. The van der Waals surface area contributed by atoms with Crippen LogP contribution in [-0.2, 0) is 13.6 Å².